The number of fused-ring (bicyclic) bond motifs is 1. The summed E-state index contributed by atoms with van der Waals surface area (Å²) in [7, 11) is 1.71. The first-order valence-corrected chi connectivity index (χ1v) is 9.25. The summed E-state index contributed by atoms with van der Waals surface area (Å²) in [4.78, 5) is 17.6. The summed E-state index contributed by atoms with van der Waals surface area (Å²) in [5.74, 6) is 1.23. The van der Waals surface area contributed by atoms with Crippen LogP contribution >= 0.6 is 11.8 Å². The minimum absolute atomic E-state index is 0.168. The van der Waals surface area contributed by atoms with Crippen LogP contribution in [0.25, 0.3) is 28.4 Å². The van der Waals surface area contributed by atoms with E-state index in [4.69, 9.17) is 0 Å². The van der Waals surface area contributed by atoms with Crippen molar-refractivity contribution in [1.29, 1.82) is 0 Å². The lowest BCUT2D eigenvalue weighted by Crippen LogP contribution is -2.05. The van der Waals surface area contributed by atoms with Crippen LogP contribution in [0.5, 0.6) is 0 Å². The first-order chi connectivity index (χ1) is 13.4. The van der Waals surface area contributed by atoms with Crippen molar-refractivity contribution in [3.8, 4) is 17.2 Å². The zero-order chi connectivity index (χ0) is 19.9. The summed E-state index contributed by atoms with van der Waals surface area (Å²) < 4.78 is 42.2. The molecule has 4 heterocycles. The maximum Gasteiger partial charge on any atom is 0.417 e. The van der Waals surface area contributed by atoms with Gasteiger partial charge in [0.1, 0.15) is 23.9 Å². The highest BCUT2D eigenvalue weighted by Crippen LogP contribution is 2.34. The van der Waals surface area contributed by atoms with Crippen LogP contribution < -0.4 is 0 Å². The number of halogens is 3. The molecule has 11 heteroatoms. The van der Waals surface area contributed by atoms with E-state index < -0.39 is 11.7 Å². The lowest BCUT2D eigenvalue weighted by molar-refractivity contribution is -0.137. The van der Waals surface area contributed by atoms with Crippen LogP contribution in [0.4, 0.5) is 13.2 Å². The number of hydrogen-bond acceptors (Lipinski definition) is 6. The van der Waals surface area contributed by atoms with Gasteiger partial charge in [0, 0.05) is 18.1 Å². The van der Waals surface area contributed by atoms with E-state index in [9.17, 15) is 13.2 Å². The van der Waals surface area contributed by atoms with Gasteiger partial charge in [0.05, 0.1) is 17.4 Å². The van der Waals surface area contributed by atoms with Crippen LogP contribution in [0.3, 0.4) is 0 Å². The molecule has 0 unspecified atom stereocenters. The Balaban J connectivity index is 1.85. The Kier molecular flexibility index (Phi) is 4.53. The third-order valence-electron chi connectivity index (χ3n) is 4.07. The molecule has 0 aliphatic carbocycles. The molecule has 0 amide bonds. The molecular weight excluding hydrogens is 391 g/mol. The fraction of sp³-hybridized carbons (Fsp3) is 0.235. The highest BCUT2D eigenvalue weighted by atomic mass is 32.2. The molecule has 0 N–H and O–H groups in total. The van der Waals surface area contributed by atoms with Crippen molar-refractivity contribution in [3.63, 3.8) is 0 Å². The van der Waals surface area contributed by atoms with Gasteiger partial charge in [-0.05, 0) is 17.9 Å². The van der Waals surface area contributed by atoms with Gasteiger partial charge in [0.2, 0.25) is 0 Å². The van der Waals surface area contributed by atoms with Crippen molar-refractivity contribution in [2.75, 3.05) is 5.75 Å². The molecule has 0 bridgehead atoms. The predicted octanol–water partition coefficient (Wildman–Crippen LogP) is 3.74. The van der Waals surface area contributed by atoms with Crippen molar-refractivity contribution >= 4 is 22.9 Å². The van der Waals surface area contributed by atoms with Gasteiger partial charge in [-0.3, -0.25) is 0 Å². The molecule has 0 radical (unpaired) electrons. The zero-order valence-corrected chi connectivity index (χ0v) is 15.7. The highest BCUT2D eigenvalue weighted by molar-refractivity contribution is 7.99. The van der Waals surface area contributed by atoms with Gasteiger partial charge in [-0.2, -0.15) is 18.3 Å². The predicted molar refractivity (Wildman–Crippen MR) is 98.1 cm³/mol. The molecule has 0 aromatic carbocycles. The van der Waals surface area contributed by atoms with Gasteiger partial charge >= 0.3 is 6.18 Å². The fourth-order valence-corrected chi connectivity index (χ4v) is 3.57. The van der Waals surface area contributed by atoms with Crippen molar-refractivity contribution in [2.45, 2.75) is 18.0 Å². The lowest BCUT2D eigenvalue weighted by atomic mass is 10.2. The van der Waals surface area contributed by atoms with Crippen molar-refractivity contribution in [2.24, 2.45) is 7.05 Å². The smallest absolute Gasteiger partial charge is 0.310 e. The second-order valence-electron chi connectivity index (χ2n) is 5.87. The normalized spacial score (nSPS) is 12.0. The first-order valence-electron chi connectivity index (χ1n) is 8.26. The molecule has 0 aliphatic rings. The number of imidazole rings is 1. The molecule has 0 saturated heterocycles. The number of nitrogens with zero attached hydrogens (tertiary/aromatic N) is 7. The molecule has 28 heavy (non-hydrogen) atoms. The summed E-state index contributed by atoms with van der Waals surface area (Å²) in [6, 6.07) is 2.90. The van der Waals surface area contributed by atoms with Gasteiger partial charge in [0.25, 0.3) is 0 Å². The molecule has 0 spiro atoms. The Morgan fingerprint density at radius 2 is 1.96 bits per heavy atom. The Morgan fingerprint density at radius 3 is 2.64 bits per heavy atom. The lowest BCUT2D eigenvalue weighted by Gasteiger charge is -2.10. The van der Waals surface area contributed by atoms with E-state index in [-0.39, 0.29) is 5.52 Å². The number of rotatable bonds is 4. The number of aryl methyl sites for hydroxylation is 1. The van der Waals surface area contributed by atoms with Crippen LogP contribution in [-0.2, 0) is 13.2 Å². The molecule has 144 valence electrons. The van der Waals surface area contributed by atoms with E-state index in [0.29, 0.717) is 17.2 Å². The molecule has 0 fully saturated rings. The number of hydrogen-bond donors (Lipinski definition) is 0. The van der Waals surface area contributed by atoms with Gasteiger partial charge in [-0.15, -0.1) is 11.8 Å². The number of thioether (sulfide) groups is 1. The van der Waals surface area contributed by atoms with E-state index >= 15 is 0 Å². The second kappa shape index (κ2) is 6.89. The van der Waals surface area contributed by atoms with Gasteiger partial charge in [0.15, 0.2) is 11.5 Å². The summed E-state index contributed by atoms with van der Waals surface area (Å²) in [6.07, 6.45) is 0.957. The number of aromatic nitrogens is 7. The van der Waals surface area contributed by atoms with E-state index in [1.54, 1.807) is 40.6 Å². The quantitative estimate of drug-likeness (QED) is 0.482. The molecule has 4 rings (SSSR count). The summed E-state index contributed by atoms with van der Waals surface area (Å²) in [6.45, 7) is 2.00. The van der Waals surface area contributed by atoms with Gasteiger partial charge in [-0.25, -0.2) is 24.6 Å². The van der Waals surface area contributed by atoms with Crippen LogP contribution in [0.15, 0.2) is 42.1 Å². The third-order valence-corrected chi connectivity index (χ3v) is 4.98. The van der Waals surface area contributed by atoms with E-state index in [1.807, 2.05) is 13.0 Å². The standard InChI is InChI=1S/C17H14F3N7S/c1-3-28-13-5-11(27-9-21-8-24-27)7-22-14(13)16-25-12-4-10(17(18,19)20)6-23-15(12)26(16)2/h4-9H,3H2,1-2H3. The Morgan fingerprint density at radius 1 is 1.14 bits per heavy atom. The van der Waals surface area contributed by atoms with Crippen molar-refractivity contribution < 1.29 is 13.2 Å². The van der Waals surface area contributed by atoms with Crippen LogP contribution in [0, 0.1) is 0 Å². The average molecular weight is 405 g/mol. The maximum atomic E-state index is 13.0. The topological polar surface area (TPSA) is 74.3 Å². The van der Waals surface area contributed by atoms with Crippen LogP contribution in [-0.4, -0.2) is 40.0 Å². The molecule has 0 aliphatic heterocycles. The number of alkyl halides is 3. The van der Waals surface area contributed by atoms with Gasteiger partial charge in [-0.1, -0.05) is 6.92 Å². The summed E-state index contributed by atoms with van der Waals surface area (Å²) in [5.41, 5.74) is 1.00. The number of pyridine rings is 2. The van der Waals surface area contributed by atoms with Crippen molar-refractivity contribution in [3.05, 3.63) is 42.7 Å². The van der Waals surface area contributed by atoms with E-state index in [1.165, 1.54) is 6.33 Å². The molecule has 4 aromatic heterocycles. The fourth-order valence-electron chi connectivity index (χ4n) is 2.78. The first kappa shape index (κ1) is 18.4. The minimum atomic E-state index is -4.47. The summed E-state index contributed by atoms with van der Waals surface area (Å²) >= 11 is 1.56. The largest absolute Gasteiger partial charge is 0.417 e. The Bertz CT molecular complexity index is 1140. The molecular formula is C17H14F3N7S. The highest BCUT2D eigenvalue weighted by Gasteiger charge is 2.32. The molecule has 0 atom stereocenters. The van der Waals surface area contributed by atoms with Crippen LogP contribution in [0.2, 0.25) is 0 Å². The van der Waals surface area contributed by atoms with E-state index in [2.05, 4.69) is 25.0 Å². The van der Waals surface area contributed by atoms with Crippen molar-refractivity contribution in [1.82, 2.24) is 34.3 Å². The average Bonchev–Trinajstić information content (AvgIpc) is 3.30. The molecule has 4 aromatic rings. The third kappa shape index (κ3) is 3.21. The molecule has 0 saturated carbocycles. The Labute approximate surface area is 161 Å². The monoisotopic (exact) mass is 405 g/mol. The zero-order valence-electron chi connectivity index (χ0n) is 14.8. The van der Waals surface area contributed by atoms with Crippen LogP contribution in [0.1, 0.15) is 12.5 Å². The maximum absolute atomic E-state index is 13.0. The SMILES string of the molecule is CCSc1cc(-n2cncn2)cnc1-c1nc2cc(C(F)(F)F)cnc2n1C. The minimum Gasteiger partial charge on any atom is -0.310 e. The Hall–Kier alpha value is -2.95. The van der Waals surface area contributed by atoms with Gasteiger partial charge < -0.3 is 4.57 Å². The second-order valence-corrected chi connectivity index (χ2v) is 7.18. The molecule has 7 nitrogen and oxygen atoms in total. The summed E-state index contributed by atoms with van der Waals surface area (Å²) in [5, 5.41) is 4.09. The van der Waals surface area contributed by atoms with E-state index in [0.717, 1.165) is 28.6 Å².